The van der Waals surface area contributed by atoms with Crippen LogP contribution in [0, 0.1) is 12.7 Å². The van der Waals surface area contributed by atoms with Crippen LogP contribution in [0.25, 0.3) is 0 Å². The van der Waals surface area contributed by atoms with Crippen molar-refractivity contribution in [1.82, 2.24) is 0 Å². The molecule has 0 radical (unpaired) electrons. The van der Waals surface area contributed by atoms with Gasteiger partial charge in [0, 0.05) is 18.0 Å². The molecule has 3 N–H and O–H groups in total. The second kappa shape index (κ2) is 6.70. The van der Waals surface area contributed by atoms with Crippen LogP contribution in [0.15, 0.2) is 42.5 Å². The van der Waals surface area contributed by atoms with Crippen LogP contribution in [0.2, 0.25) is 0 Å². The molecule has 0 aromatic heterocycles. The molecule has 2 aromatic carbocycles. The van der Waals surface area contributed by atoms with Crippen molar-refractivity contribution in [2.24, 2.45) is 5.73 Å². The minimum absolute atomic E-state index is 0.210. The van der Waals surface area contributed by atoms with Crippen LogP contribution in [0.4, 0.5) is 4.39 Å². The highest BCUT2D eigenvalue weighted by atomic mass is 19.1. The second-order valence-corrected chi connectivity index (χ2v) is 5.04. The van der Waals surface area contributed by atoms with E-state index in [9.17, 15) is 9.50 Å². The largest absolute Gasteiger partial charge is 0.497 e. The zero-order valence-electron chi connectivity index (χ0n) is 12.2. The summed E-state index contributed by atoms with van der Waals surface area (Å²) >= 11 is 0. The number of aryl methyl sites for hydroxylation is 1. The fraction of sp³-hybridized carbons (Fsp3) is 0.294. The topological polar surface area (TPSA) is 55.5 Å². The van der Waals surface area contributed by atoms with E-state index in [0.717, 1.165) is 5.56 Å². The summed E-state index contributed by atoms with van der Waals surface area (Å²) in [6.07, 6.45) is -0.998. The summed E-state index contributed by atoms with van der Waals surface area (Å²) in [7, 11) is 1.58. The molecule has 0 aliphatic rings. The third-order valence-corrected chi connectivity index (χ3v) is 3.70. The molecule has 0 bridgehead atoms. The molecule has 2 aromatic rings. The van der Waals surface area contributed by atoms with Gasteiger partial charge in [-0.1, -0.05) is 30.3 Å². The molecule has 0 amide bonds. The van der Waals surface area contributed by atoms with Crippen LogP contribution < -0.4 is 10.5 Å². The van der Waals surface area contributed by atoms with Crippen molar-refractivity contribution in [2.75, 3.05) is 13.7 Å². The Bertz CT molecular complexity index is 615. The minimum Gasteiger partial charge on any atom is -0.497 e. The smallest absolute Gasteiger partial charge is 0.131 e. The lowest BCUT2D eigenvalue weighted by atomic mass is 9.88. The standard InChI is InChI=1S/C17H20FNO2/c1-11-5-3-8-14(16(11)18)17(20)15(10-19)12-6-4-7-13(9-12)21-2/h3-9,15,17,20H,10,19H2,1-2H3. The molecule has 2 rings (SSSR count). The minimum atomic E-state index is -0.998. The number of aliphatic hydroxyl groups is 1. The Kier molecular flexibility index (Phi) is 4.94. The number of ether oxygens (including phenoxy) is 1. The van der Waals surface area contributed by atoms with Crippen LogP contribution in [0.5, 0.6) is 5.75 Å². The quantitative estimate of drug-likeness (QED) is 0.890. The van der Waals surface area contributed by atoms with E-state index in [1.54, 1.807) is 32.2 Å². The lowest BCUT2D eigenvalue weighted by Crippen LogP contribution is -2.21. The predicted molar refractivity (Wildman–Crippen MR) is 80.9 cm³/mol. The molecule has 0 saturated heterocycles. The molecule has 2 atom stereocenters. The maximum Gasteiger partial charge on any atom is 0.131 e. The van der Waals surface area contributed by atoms with Crippen molar-refractivity contribution in [3.63, 3.8) is 0 Å². The van der Waals surface area contributed by atoms with E-state index < -0.39 is 12.0 Å². The van der Waals surface area contributed by atoms with Gasteiger partial charge in [-0.25, -0.2) is 4.39 Å². The van der Waals surface area contributed by atoms with Crippen molar-refractivity contribution in [2.45, 2.75) is 18.9 Å². The van der Waals surface area contributed by atoms with Gasteiger partial charge >= 0.3 is 0 Å². The first kappa shape index (κ1) is 15.5. The molecule has 4 heteroatoms. The molecule has 3 nitrogen and oxygen atoms in total. The van der Waals surface area contributed by atoms with E-state index in [1.807, 2.05) is 24.3 Å². The van der Waals surface area contributed by atoms with Gasteiger partial charge in [0.15, 0.2) is 0 Å². The molecular weight excluding hydrogens is 269 g/mol. The normalized spacial score (nSPS) is 13.8. The third kappa shape index (κ3) is 3.23. The molecule has 21 heavy (non-hydrogen) atoms. The maximum absolute atomic E-state index is 14.2. The molecule has 0 aliphatic heterocycles. The van der Waals surface area contributed by atoms with Crippen LogP contribution in [-0.2, 0) is 0 Å². The van der Waals surface area contributed by atoms with Gasteiger partial charge in [0.05, 0.1) is 13.2 Å². The Morgan fingerprint density at radius 3 is 2.62 bits per heavy atom. The van der Waals surface area contributed by atoms with Crippen LogP contribution >= 0.6 is 0 Å². The van der Waals surface area contributed by atoms with E-state index in [2.05, 4.69) is 0 Å². The maximum atomic E-state index is 14.2. The van der Waals surface area contributed by atoms with Crippen molar-refractivity contribution < 1.29 is 14.2 Å². The van der Waals surface area contributed by atoms with E-state index in [0.29, 0.717) is 11.3 Å². The fourth-order valence-corrected chi connectivity index (χ4v) is 2.43. The highest BCUT2D eigenvalue weighted by Crippen LogP contribution is 2.33. The fourth-order valence-electron chi connectivity index (χ4n) is 2.43. The second-order valence-electron chi connectivity index (χ2n) is 5.04. The summed E-state index contributed by atoms with van der Waals surface area (Å²) in [5.41, 5.74) is 7.40. The first-order chi connectivity index (χ1) is 10.1. The number of rotatable bonds is 5. The summed E-state index contributed by atoms with van der Waals surface area (Å²) in [5.74, 6) is -0.0920. The monoisotopic (exact) mass is 289 g/mol. The number of halogens is 1. The SMILES string of the molecule is COc1cccc(C(CN)C(O)c2cccc(C)c2F)c1. The number of benzene rings is 2. The highest BCUT2D eigenvalue weighted by Gasteiger charge is 2.24. The predicted octanol–water partition coefficient (Wildman–Crippen LogP) is 2.92. The lowest BCUT2D eigenvalue weighted by molar-refractivity contribution is 0.143. The van der Waals surface area contributed by atoms with Gasteiger partial charge in [-0.15, -0.1) is 0 Å². The van der Waals surface area contributed by atoms with Crippen molar-refractivity contribution in [3.05, 3.63) is 65.0 Å². The summed E-state index contributed by atoms with van der Waals surface area (Å²) < 4.78 is 19.4. The van der Waals surface area contributed by atoms with Gasteiger partial charge in [0.2, 0.25) is 0 Å². The van der Waals surface area contributed by atoms with E-state index in [1.165, 1.54) is 0 Å². The number of hydrogen-bond donors (Lipinski definition) is 2. The average Bonchev–Trinajstić information content (AvgIpc) is 2.51. The van der Waals surface area contributed by atoms with E-state index >= 15 is 0 Å². The number of methoxy groups -OCH3 is 1. The molecule has 0 heterocycles. The number of nitrogens with two attached hydrogens (primary N) is 1. The summed E-state index contributed by atoms with van der Waals surface area (Å²) in [6.45, 7) is 1.89. The van der Waals surface area contributed by atoms with Crippen molar-refractivity contribution >= 4 is 0 Å². The number of hydrogen-bond acceptors (Lipinski definition) is 3. The molecule has 0 spiro atoms. The molecule has 112 valence electrons. The Balaban J connectivity index is 2.38. The Morgan fingerprint density at radius 2 is 1.95 bits per heavy atom. The Hall–Kier alpha value is -1.91. The third-order valence-electron chi connectivity index (χ3n) is 3.70. The Labute approximate surface area is 124 Å². The van der Waals surface area contributed by atoms with Crippen LogP contribution in [0.1, 0.15) is 28.7 Å². The van der Waals surface area contributed by atoms with Crippen molar-refractivity contribution in [3.8, 4) is 5.75 Å². The first-order valence-corrected chi connectivity index (χ1v) is 6.85. The van der Waals surface area contributed by atoms with E-state index in [4.69, 9.17) is 10.5 Å². The first-order valence-electron chi connectivity index (χ1n) is 6.85. The Morgan fingerprint density at radius 1 is 1.24 bits per heavy atom. The number of aliphatic hydroxyl groups excluding tert-OH is 1. The van der Waals surface area contributed by atoms with Gasteiger partial charge in [-0.2, -0.15) is 0 Å². The van der Waals surface area contributed by atoms with Gasteiger partial charge < -0.3 is 15.6 Å². The van der Waals surface area contributed by atoms with E-state index in [-0.39, 0.29) is 17.9 Å². The zero-order chi connectivity index (χ0) is 15.4. The summed E-state index contributed by atoms with van der Waals surface area (Å²) in [6, 6.07) is 12.3. The summed E-state index contributed by atoms with van der Waals surface area (Å²) in [5, 5.41) is 10.5. The van der Waals surface area contributed by atoms with Gasteiger partial charge in [-0.05, 0) is 30.2 Å². The summed E-state index contributed by atoms with van der Waals surface area (Å²) in [4.78, 5) is 0. The zero-order valence-corrected chi connectivity index (χ0v) is 12.2. The van der Waals surface area contributed by atoms with Gasteiger partial charge in [-0.3, -0.25) is 0 Å². The van der Waals surface area contributed by atoms with Crippen LogP contribution in [-0.4, -0.2) is 18.8 Å². The highest BCUT2D eigenvalue weighted by molar-refractivity contribution is 5.35. The van der Waals surface area contributed by atoms with Crippen LogP contribution in [0.3, 0.4) is 0 Å². The van der Waals surface area contributed by atoms with Gasteiger partial charge in [0.1, 0.15) is 11.6 Å². The molecular formula is C17H20FNO2. The molecule has 0 saturated carbocycles. The molecule has 0 aliphatic carbocycles. The average molecular weight is 289 g/mol. The molecule has 0 fully saturated rings. The lowest BCUT2D eigenvalue weighted by Gasteiger charge is -2.23. The molecule has 2 unspecified atom stereocenters. The van der Waals surface area contributed by atoms with Gasteiger partial charge in [0.25, 0.3) is 0 Å². The van der Waals surface area contributed by atoms with Crippen molar-refractivity contribution in [1.29, 1.82) is 0 Å².